The third-order valence-electron chi connectivity index (χ3n) is 6.21. The first-order valence-electron chi connectivity index (χ1n) is 13.4. The van der Waals surface area contributed by atoms with Crippen molar-refractivity contribution in [2.45, 2.75) is 75.3 Å². The molecule has 0 aromatic heterocycles. The molecule has 3 rings (SSSR count). The van der Waals surface area contributed by atoms with Gasteiger partial charge in [-0.3, -0.25) is 4.79 Å². The van der Waals surface area contributed by atoms with Crippen LogP contribution in [0.1, 0.15) is 31.9 Å². The Morgan fingerprint density at radius 1 is 0.932 bits per heavy atom. The summed E-state index contributed by atoms with van der Waals surface area (Å²) in [5, 5.41) is 44.2. The number of amides is 2. The standard InChI is InChI=1S/C28H38N2O12S.CH3/c1-28(2,3)41-27(36)30-20(25(35)29-4)13-16-5-11-19(12-6-16)42-43(37,38)15-17-7-9-18(10-8-17)39-26-24(34)23(33)22(32)21(14-31)40-26;/h5-12,20-24,26,31-34H,13-15H2,1-4H3,(H,29,35)(H,30,36);1H3/q;-1/t20-,21+,22-,23-,24+,26?;/m0./s1. The van der Waals surface area contributed by atoms with Crippen molar-refractivity contribution >= 4 is 22.1 Å². The molecular formula is C29H41N2O12S-. The molecule has 2 aromatic rings. The fourth-order valence-corrected chi connectivity index (χ4v) is 5.16. The smallest absolute Gasteiger partial charge is 0.408 e. The van der Waals surface area contributed by atoms with Gasteiger partial charge in [-0.25, -0.2) is 4.79 Å². The Morgan fingerprint density at radius 2 is 1.50 bits per heavy atom. The molecule has 1 aliphatic rings. The number of hydrogen-bond donors (Lipinski definition) is 6. The third kappa shape index (κ3) is 10.6. The van der Waals surface area contributed by atoms with Gasteiger partial charge in [0, 0.05) is 13.5 Å². The highest BCUT2D eigenvalue weighted by Gasteiger charge is 2.44. The van der Waals surface area contributed by atoms with E-state index in [0.717, 1.165) is 0 Å². The van der Waals surface area contributed by atoms with Gasteiger partial charge in [0.2, 0.25) is 12.2 Å². The van der Waals surface area contributed by atoms with Gasteiger partial charge in [-0.2, -0.15) is 8.42 Å². The number of aliphatic hydroxyl groups excluding tert-OH is 4. The predicted molar refractivity (Wildman–Crippen MR) is 158 cm³/mol. The van der Waals surface area contributed by atoms with Crippen LogP contribution in [0, 0.1) is 7.43 Å². The zero-order valence-corrected chi connectivity index (χ0v) is 26.0. The van der Waals surface area contributed by atoms with E-state index in [4.69, 9.17) is 18.4 Å². The molecule has 1 saturated heterocycles. The number of hydrogen-bond acceptors (Lipinski definition) is 12. The van der Waals surface area contributed by atoms with Gasteiger partial charge in [0.25, 0.3) is 0 Å². The van der Waals surface area contributed by atoms with Crippen LogP contribution in [0.2, 0.25) is 0 Å². The van der Waals surface area contributed by atoms with Crippen LogP contribution in [-0.2, 0) is 36.6 Å². The van der Waals surface area contributed by atoms with Gasteiger partial charge < -0.3 is 56.9 Å². The van der Waals surface area contributed by atoms with E-state index in [1.165, 1.54) is 43.4 Å². The molecule has 14 nitrogen and oxygen atoms in total. The van der Waals surface area contributed by atoms with Crippen molar-refractivity contribution in [3.05, 3.63) is 67.1 Å². The van der Waals surface area contributed by atoms with Crippen LogP contribution in [0.4, 0.5) is 4.79 Å². The van der Waals surface area contributed by atoms with Crippen molar-refractivity contribution in [1.82, 2.24) is 10.6 Å². The molecule has 0 spiro atoms. The number of benzene rings is 2. The second-order valence-electron chi connectivity index (χ2n) is 10.9. The van der Waals surface area contributed by atoms with Crippen molar-refractivity contribution in [1.29, 1.82) is 0 Å². The fraction of sp³-hybridized carbons (Fsp3) is 0.483. The topological polar surface area (TPSA) is 210 Å². The largest absolute Gasteiger partial charge is 0.462 e. The summed E-state index contributed by atoms with van der Waals surface area (Å²) in [5.41, 5.74) is 0.245. The highest BCUT2D eigenvalue weighted by molar-refractivity contribution is 7.86. The van der Waals surface area contributed by atoms with Gasteiger partial charge in [0.15, 0.2) is 0 Å². The molecule has 1 heterocycles. The molecule has 0 bridgehead atoms. The number of rotatable bonds is 11. The van der Waals surface area contributed by atoms with Crippen LogP contribution in [0.25, 0.3) is 0 Å². The minimum Gasteiger partial charge on any atom is -0.462 e. The van der Waals surface area contributed by atoms with Crippen LogP contribution in [0.3, 0.4) is 0 Å². The quantitative estimate of drug-likeness (QED) is 0.146. The van der Waals surface area contributed by atoms with Gasteiger partial charge >= 0.3 is 16.2 Å². The first-order valence-corrected chi connectivity index (χ1v) is 15.0. The molecule has 1 fully saturated rings. The van der Waals surface area contributed by atoms with E-state index < -0.39 is 76.8 Å². The summed E-state index contributed by atoms with van der Waals surface area (Å²) in [6.45, 7) is 4.50. The number of ether oxygens (including phenoxy) is 3. The van der Waals surface area contributed by atoms with E-state index in [1.54, 1.807) is 32.9 Å². The third-order valence-corrected chi connectivity index (χ3v) is 7.34. The number of carbonyl (C=O) groups excluding carboxylic acids is 2. The number of aliphatic hydroxyl groups is 4. The fourth-order valence-electron chi connectivity index (χ4n) is 4.09. The lowest BCUT2D eigenvalue weighted by atomic mass is 9.99. The SMILES string of the molecule is CNC(=O)[C@H](Cc1ccc(OS(=O)(=O)Cc2ccc(OC3O[C@H](CO)[C@H](O)[C@H](O)[C@H]3O)cc2)cc1)NC(=O)OC(C)(C)C.[CH3-]. The normalized spacial score (nSPS) is 22.6. The van der Waals surface area contributed by atoms with Crippen molar-refractivity contribution in [3.63, 3.8) is 0 Å². The lowest BCUT2D eigenvalue weighted by Crippen LogP contribution is -2.60. The van der Waals surface area contributed by atoms with Gasteiger partial charge in [-0.15, -0.1) is 0 Å². The molecule has 0 aliphatic carbocycles. The molecule has 2 aromatic carbocycles. The molecule has 15 heteroatoms. The molecule has 6 atom stereocenters. The highest BCUT2D eigenvalue weighted by atomic mass is 32.2. The summed E-state index contributed by atoms with van der Waals surface area (Å²) >= 11 is 0. The Kier molecular flexibility index (Phi) is 12.9. The van der Waals surface area contributed by atoms with E-state index in [-0.39, 0.29) is 25.3 Å². The Hall–Kier alpha value is -3.47. The minimum absolute atomic E-state index is 0. The molecule has 2 amide bonds. The van der Waals surface area contributed by atoms with E-state index in [0.29, 0.717) is 11.1 Å². The molecule has 246 valence electrons. The summed E-state index contributed by atoms with van der Waals surface area (Å²) in [4.78, 5) is 24.5. The molecular weight excluding hydrogens is 600 g/mol. The van der Waals surface area contributed by atoms with Gasteiger partial charge in [-0.05, 0) is 56.2 Å². The van der Waals surface area contributed by atoms with Crippen LogP contribution >= 0.6 is 0 Å². The van der Waals surface area contributed by atoms with Gasteiger partial charge in [0.05, 0.1) is 6.61 Å². The molecule has 0 saturated carbocycles. The monoisotopic (exact) mass is 641 g/mol. The Morgan fingerprint density at radius 3 is 2.05 bits per heavy atom. The zero-order chi connectivity index (χ0) is 31.9. The van der Waals surface area contributed by atoms with E-state index in [1.807, 2.05) is 0 Å². The average molecular weight is 642 g/mol. The minimum atomic E-state index is -4.08. The van der Waals surface area contributed by atoms with Gasteiger partial charge in [0.1, 0.15) is 53.3 Å². The van der Waals surface area contributed by atoms with Crippen molar-refractivity contribution in [2.24, 2.45) is 0 Å². The first-order chi connectivity index (χ1) is 20.1. The molecule has 0 radical (unpaired) electrons. The summed E-state index contributed by atoms with van der Waals surface area (Å²) in [5.74, 6) is -0.687. The van der Waals surface area contributed by atoms with Crippen molar-refractivity contribution in [3.8, 4) is 11.5 Å². The lowest BCUT2D eigenvalue weighted by Gasteiger charge is -2.39. The van der Waals surface area contributed by atoms with Crippen LogP contribution in [0.5, 0.6) is 11.5 Å². The summed E-state index contributed by atoms with van der Waals surface area (Å²) in [6, 6.07) is 10.8. The van der Waals surface area contributed by atoms with Crippen LogP contribution in [0.15, 0.2) is 48.5 Å². The van der Waals surface area contributed by atoms with E-state index in [9.17, 15) is 38.4 Å². The second-order valence-corrected chi connectivity index (χ2v) is 12.5. The van der Waals surface area contributed by atoms with Gasteiger partial charge in [-0.1, -0.05) is 24.3 Å². The Bertz CT molecular complexity index is 1330. The van der Waals surface area contributed by atoms with E-state index >= 15 is 0 Å². The van der Waals surface area contributed by atoms with E-state index in [2.05, 4.69) is 10.6 Å². The molecule has 1 aliphatic heterocycles. The van der Waals surface area contributed by atoms with Crippen LogP contribution in [-0.4, -0.2) is 96.8 Å². The van der Waals surface area contributed by atoms with Crippen molar-refractivity contribution < 1.29 is 56.8 Å². The molecule has 44 heavy (non-hydrogen) atoms. The number of carbonyl (C=O) groups is 2. The summed E-state index contributed by atoms with van der Waals surface area (Å²) < 4.78 is 46.6. The summed E-state index contributed by atoms with van der Waals surface area (Å²) in [7, 11) is -2.64. The highest BCUT2D eigenvalue weighted by Crippen LogP contribution is 2.25. The van der Waals surface area contributed by atoms with Crippen LogP contribution < -0.4 is 19.6 Å². The molecule has 1 unspecified atom stereocenters. The first kappa shape index (κ1) is 36.7. The van der Waals surface area contributed by atoms with Crippen molar-refractivity contribution in [2.75, 3.05) is 13.7 Å². The maximum atomic E-state index is 12.7. The second kappa shape index (κ2) is 15.5. The zero-order valence-electron chi connectivity index (χ0n) is 25.2. The predicted octanol–water partition coefficient (Wildman–Crippen LogP) is 0.406. The number of alkyl carbamates (subject to hydrolysis) is 1. The maximum Gasteiger partial charge on any atom is 0.408 e. The Balaban J connectivity index is 0.00000675. The Labute approximate surface area is 257 Å². The number of likely N-dealkylation sites (N-methyl/N-ethyl adjacent to an activating group) is 1. The molecule has 6 N–H and O–H groups in total. The lowest BCUT2D eigenvalue weighted by molar-refractivity contribution is -0.277. The number of nitrogens with one attached hydrogen (secondary N) is 2. The summed E-state index contributed by atoms with van der Waals surface area (Å²) in [6.07, 6.45) is -7.86. The maximum absolute atomic E-state index is 12.7. The average Bonchev–Trinajstić information content (AvgIpc) is 2.93.